The van der Waals surface area contributed by atoms with Crippen molar-refractivity contribution >= 4 is 27.4 Å². The van der Waals surface area contributed by atoms with Crippen LogP contribution >= 0.6 is 11.3 Å². The first kappa shape index (κ1) is 14.0. The van der Waals surface area contributed by atoms with Crippen LogP contribution in [0.5, 0.6) is 0 Å². The van der Waals surface area contributed by atoms with E-state index in [1.165, 1.54) is 5.56 Å². The summed E-state index contributed by atoms with van der Waals surface area (Å²) in [7, 11) is 0. The molecule has 0 spiro atoms. The Bertz CT molecular complexity index is 753. The minimum absolute atomic E-state index is 0.361. The summed E-state index contributed by atoms with van der Waals surface area (Å²) in [6, 6.07) is 10.2. The van der Waals surface area contributed by atoms with Crippen molar-refractivity contribution in [3.63, 3.8) is 0 Å². The molecule has 4 nitrogen and oxygen atoms in total. The molecule has 0 saturated carbocycles. The van der Waals surface area contributed by atoms with E-state index in [1.54, 1.807) is 17.7 Å². The van der Waals surface area contributed by atoms with Crippen LogP contribution in [-0.2, 0) is 5.54 Å². The van der Waals surface area contributed by atoms with Crippen molar-refractivity contribution in [2.45, 2.75) is 19.4 Å². The van der Waals surface area contributed by atoms with Crippen LogP contribution in [0.2, 0.25) is 0 Å². The van der Waals surface area contributed by atoms with Gasteiger partial charge in [0, 0.05) is 6.54 Å². The number of nitrogens with one attached hydrogen (secondary N) is 1. The molecule has 5 heteroatoms. The maximum absolute atomic E-state index is 6.03. The van der Waals surface area contributed by atoms with Gasteiger partial charge in [-0.15, -0.1) is 11.3 Å². The maximum atomic E-state index is 6.03. The van der Waals surface area contributed by atoms with Crippen LogP contribution in [0.1, 0.15) is 18.1 Å². The molecule has 0 aliphatic carbocycles. The first-order chi connectivity index (χ1) is 10.1. The third-order valence-corrected chi connectivity index (χ3v) is 4.84. The molecular weight excluding hydrogens is 280 g/mol. The summed E-state index contributed by atoms with van der Waals surface area (Å²) in [4.78, 5) is 8.77. The highest BCUT2D eigenvalue weighted by atomic mass is 32.1. The molecule has 0 radical (unpaired) electrons. The van der Waals surface area contributed by atoms with Crippen LogP contribution < -0.4 is 11.1 Å². The topological polar surface area (TPSA) is 63.8 Å². The zero-order valence-corrected chi connectivity index (χ0v) is 12.9. The second-order valence-electron chi connectivity index (χ2n) is 5.35. The minimum atomic E-state index is -0.361. The normalized spacial score (nSPS) is 14.0. The van der Waals surface area contributed by atoms with Crippen LogP contribution in [0, 0.1) is 6.92 Å². The first-order valence-electron chi connectivity index (χ1n) is 6.86. The van der Waals surface area contributed by atoms with Crippen molar-refractivity contribution in [2.75, 3.05) is 11.9 Å². The lowest BCUT2D eigenvalue weighted by atomic mass is 9.92. The summed E-state index contributed by atoms with van der Waals surface area (Å²) in [6.07, 6.45) is 1.60. The number of rotatable bonds is 4. The molecule has 0 aliphatic rings. The highest BCUT2D eigenvalue weighted by molar-refractivity contribution is 7.18. The largest absolute Gasteiger partial charge is 0.358 e. The van der Waals surface area contributed by atoms with Crippen molar-refractivity contribution in [3.8, 4) is 0 Å². The van der Waals surface area contributed by atoms with Gasteiger partial charge in [0.1, 0.15) is 12.1 Å². The predicted molar refractivity (Wildman–Crippen MR) is 88.6 cm³/mol. The Morgan fingerprint density at radius 1 is 1.24 bits per heavy atom. The van der Waals surface area contributed by atoms with Gasteiger partial charge in [-0.2, -0.15) is 0 Å². The minimum Gasteiger partial charge on any atom is -0.358 e. The number of hydrogen-bond acceptors (Lipinski definition) is 5. The molecule has 0 bridgehead atoms. The second kappa shape index (κ2) is 5.42. The van der Waals surface area contributed by atoms with E-state index >= 15 is 0 Å². The van der Waals surface area contributed by atoms with Crippen LogP contribution in [0.3, 0.4) is 0 Å². The summed E-state index contributed by atoms with van der Waals surface area (Å²) in [5.41, 5.74) is 9.00. The zero-order chi connectivity index (χ0) is 14.9. The quantitative estimate of drug-likeness (QED) is 0.776. The number of anilines is 1. The molecule has 0 saturated heterocycles. The Morgan fingerprint density at radius 2 is 2.00 bits per heavy atom. The number of thiophene rings is 1. The summed E-state index contributed by atoms with van der Waals surface area (Å²) < 4.78 is 1.07. The van der Waals surface area contributed by atoms with Gasteiger partial charge < -0.3 is 11.1 Å². The van der Waals surface area contributed by atoms with Crippen LogP contribution in [0.4, 0.5) is 5.82 Å². The molecule has 1 aromatic carbocycles. The van der Waals surface area contributed by atoms with Crippen LogP contribution in [0.25, 0.3) is 10.2 Å². The van der Waals surface area contributed by atoms with Gasteiger partial charge in [-0.3, -0.25) is 0 Å². The predicted octanol–water partition coefficient (Wildman–Crippen LogP) is 3.29. The number of fused-ring (bicyclic) bond motifs is 1. The van der Waals surface area contributed by atoms with Gasteiger partial charge in [-0.05, 0) is 30.4 Å². The monoisotopic (exact) mass is 298 g/mol. The molecule has 3 rings (SSSR count). The van der Waals surface area contributed by atoms with E-state index in [-0.39, 0.29) is 5.54 Å². The van der Waals surface area contributed by atoms with E-state index < -0.39 is 0 Å². The van der Waals surface area contributed by atoms with Gasteiger partial charge in [-0.1, -0.05) is 30.3 Å². The Labute approximate surface area is 128 Å². The van der Waals surface area contributed by atoms with Gasteiger partial charge in [0.15, 0.2) is 0 Å². The SMILES string of the molecule is Cc1csc2c(NC(C)(CN)c3ccccc3)ncnc12. The molecule has 1 unspecified atom stereocenters. The third kappa shape index (κ3) is 2.50. The summed E-state index contributed by atoms with van der Waals surface area (Å²) in [5.74, 6) is 0.843. The average Bonchev–Trinajstić information content (AvgIpc) is 2.91. The fraction of sp³-hybridized carbons (Fsp3) is 0.250. The van der Waals surface area contributed by atoms with Crippen molar-refractivity contribution in [3.05, 3.63) is 53.2 Å². The Morgan fingerprint density at radius 3 is 2.71 bits per heavy atom. The molecule has 0 fully saturated rings. The molecule has 21 heavy (non-hydrogen) atoms. The lowest BCUT2D eigenvalue weighted by Crippen LogP contribution is -2.40. The molecule has 3 aromatic rings. The Hall–Kier alpha value is -1.98. The molecule has 2 heterocycles. The van der Waals surface area contributed by atoms with E-state index in [1.807, 2.05) is 18.2 Å². The highest BCUT2D eigenvalue weighted by Gasteiger charge is 2.26. The van der Waals surface area contributed by atoms with E-state index in [2.05, 4.69) is 46.6 Å². The number of aryl methyl sites for hydroxylation is 1. The zero-order valence-electron chi connectivity index (χ0n) is 12.1. The Balaban J connectivity index is 2.04. The lowest BCUT2D eigenvalue weighted by Gasteiger charge is -2.30. The fourth-order valence-electron chi connectivity index (χ4n) is 2.37. The van der Waals surface area contributed by atoms with Gasteiger partial charge >= 0.3 is 0 Å². The first-order valence-corrected chi connectivity index (χ1v) is 7.74. The van der Waals surface area contributed by atoms with Gasteiger partial charge in [0.05, 0.1) is 15.8 Å². The number of aromatic nitrogens is 2. The van der Waals surface area contributed by atoms with E-state index in [0.717, 1.165) is 21.6 Å². The molecule has 3 N–H and O–H groups in total. The van der Waals surface area contributed by atoms with Crippen molar-refractivity contribution in [2.24, 2.45) is 5.73 Å². The van der Waals surface area contributed by atoms with E-state index in [4.69, 9.17) is 5.73 Å². The van der Waals surface area contributed by atoms with Crippen LogP contribution in [0.15, 0.2) is 42.0 Å². The van der Waals surface area contributed by atoms with Gasteiger partial charge in [0.2, 0.25) is 0 Å². The van der Waals surface area contributed by atoms with E-state index in [0.29, 0.717) is 6.54 Å². The smallest absolute Gasteiger partial charge is 0.148 e. The fourth-order valence-corrected chi connectivity index (χ4v) is 3.31. The van der Waals surface area contributed by atoms with Crippen molar-refractivity contribution < 1.29 is 0 Å². The second-order valence-corrected chi connectivity index (χ2v) is 6.23. The van der Waals surface area contributed by atoms with E-state index in [9.17, 15) is 0 Å². The van der Waals surface area contributed by atoms with Gasteiger partial charge in [-0.25, -0.2) is 9.97 Å². The summed E-state index contributed by atoms with van der Waals surface area (Å²) >= 11 is 1.66. The van der Waals surface area contributed by atoms with Gasteiger partial charge in [0.25, 0.3) is 0 Å². The van der Waals surface area contributed by atoms with Crippen LogP contribution in [-0.4, -0.2) is 16.5 Å². The third-order valence-electron chi connectivity index (χ3n) is 3.74. The molecule has 0 amide bonds. The lowest BCUT2D eigenvalue weighted by molar-refractivity contribution is 0.555. The summed E-state index contributed by atoms with van der Waals surface area (Å²) in [6.45, 7) is 4.64. The summed E-state index contributed by atoms with van der Waals surface area (Å²) in [5, 5.41) is 5.62. The number of nitrogens with two attached hydrogens (primary N) is 1. The Kier molecular flexibility index (Phi) is 3.61. The number of hydrogen-bond donors (Lipinski definition) is 2. The van der Waals surface area contributed by atoms with Crippen molar-refractivity contribution in [1.29, 1.82) is 0 Å². The number of benzene rings is 1. The standard InChI is InChI=1S/C16H18N4S/c1-11-8-21-14-13(11)18-10-19-15(14)20-16(2,9-17)12-6-4-3-5-7-12/h3-8,10H,9,17H2,1-2H3,(H,18,19,20). The highest BCUT2D eigenvalue weighted by Crippen LogP contribution is 2.32. The molecule has 2 aromatic heterocycles. The maximum Gasteiger partial charge on any atom is 0.148 e. The number of nitrogens with zero attached hydrogens (tertiary/aromatic N) is 2. The molecule has 1 atom stereocenters. The van der Waals surface area contributed by atoms with Crippen molar-refractivity contribution in [1.82, 2.24) is 9.97 Å². The molecule has 0 aliphatic heterocycles. The molecular formula is C16H18N4S. The average molecular weight is 298 g/mol. The molecule has 108 valence electrons.